The highest BCUT2D eigenvalue weighted by molar-refractivity contribution is 5.86. The highest BCUT2D eigenvalue weighted by Gasteiger charge is 2.12. The Hall–Kier alpha value is -2.16. The largest absolute Gasteiger partial charge is 0.387 e. The molecule has 0 aliphatic heterocycles. The SMILES string of the molecule is Cc1ccc(C(O)CNC(C)c2cccc3ccccc23)cc1. The zero-order valence-corrected chi connectivity index (χ0v) is 13.7. The fourth-order valence-corrected chi connectivity index (χ4v) is 2.93. The Morgan fingerprint density at radius 2 is 1.61 bits per heavy atom. The predicted molar refractivity (Wildman–Crippen MR) is 96.5 cm³/mol. The summed E-state index contributed by atoms with van der Waals surface area (Å²) in [7, 11) is 0. The number of hydrogen-bond acceptors (Lipinski definition) is 2. The molecule has 0 aliphatic rings. The van der Waals surface area contributed by atoms with Gasteiger partial charge in [0.1, 0.15) is 0 Å². The monoisotopic (exact) mass is 305 g/mol. The van der Waals surface area contributed by atoms with Crippen LogP contribution in [-0.2, 0) is 0 Å². The van der Waals surface area contributed by atoms with Crippen LogP contribution in [0, 0.1) is 6.92 Å². The van der Waals surface area contributed by atoms with Crippen molar-refractivity contribution in [3.63, 3.8) is 0 Å². The lowest BCUT2D eigenvalue weighted by Gasteiger charge is -2.19. The maximum atomic E-state index is 10.4. The molecule has 3 aromatic rings. The number of benzene rings is 3. The normalized spacial score (nSPS) is 13.9. The van der Waals surface area contributed by atoms with Gasteiger partial charge in [-0.15, -0.1) is 0 Å². The Morgan fingerprint density at radius 1 is 0.913 bits per heavy atom. The minimum atomic E-state index is -0.493. The van der Waals surface area contributed by atoms with Gasteiger partial charge in [-0.2, -0.15) is 0 Å². The molecule has 0 radical (unpaired) electrons. The standard InChI is InChI=1S/C21H23NO/c1-15-10-12-18(13-11-15)21(23)14-22-16(2)19-9-5-7-17-6-3-4-8-20(17)19/h3-13,16,21-23H,14H2,1-2H3. The van der Waals surface area contributed by atoms with E-state index in [4.69, 9.17) is 0 Å². The highest BCUT2D eigenvalue weighted by atomic mass is 16.3. The van der Waals surface area contributed by atoms with E-state index >= 15 is 0 Å². The maximum absolute atomic E-state index is 10.4. The van der Waals surface area contributed by atoms with Gasteiger partial charge in [0.15, 0.2) is 0 Å². The van der Waals surface area contributed by atoms with Crippen LogP contribution < -0.4 is 5.32 Å². The van der Waals surface area contributed by atoms with Gasteiger partial charge in [0.2, 0.25) is 0 Å². The fraction of sp³-hybridized carbons (Fsp3) is 0.238. The first-order valence-electron chi connectivity index (χ1n) is 8.11. The lowest BCUT2D eigenvalue weighted by Crippen LogP contribution is -2.24. The summed E-state index contributed by atoms with van der Waals surface area (Å²) >= 11 is 0. The van der Waals surface area contributed by atoms with Gasteiger partial charge < -0.3 is 10.4 Å². The van der Waals surface area contributed by atoms with Crippen molar-refractivity contribution in [3.05, 3.63) is 83.4 Å². The molecule has 0 aliphatic carbocycles. The van der Waals surface area contributed by atoms with Crippen molar-refractivity contribution in [1.82, 2.24) is 5.32 Å². The van der Waals surface area contributed by atoms with Gasteiger partial charge in [-0.05, 0) is 35.7 Å². The third-order valence-electron chi connectivity index (χ3n) is 4.37. The van der Waals surface area contributed by atoms with E-state index < -0.39 is 6.10 Å². The van der Waals surface area contributed by atoms with Crippen LogP contribution in [-0.4, -0.2) is 11.7 Å². The van der Waals surface area contributed by atoms with Crippen molar-refractivity contribution in [2.24, 2.45) is 0 Å². The summed E-state index contributed by atoms with van der Waals surface area (Å²) in [6, 6.07) is 23.0. The Kier molecular flexibility index (Phi) is 4.75. The van der Waals surface area contributed by atoms with Crippen LogP contribution in [0.5, 0.6) is 0 Å². The Labute approximate surface area is 137 Å². The van der Waals surface area contributed by atoms with Gasteiger partial charge in [-0.1, -0.05) is 72.3 Å². The van der Waals surface area contributed by atoms with Crippen LogP contribution in [0.4, 0.5) is 0 Å². The minimum absolute atomic E-state index is 0.182. The van der Waals surface area contributed by atoms with Gasteiger partial charge >= 0.3 is 0 Å². The molecule has 3 rings (SSSR count). The molecule has 3 aromatic carbocycles. The first kappa shape index (κ1) is 15.7. The minimum Gasteiger partial charge on any atom is -0.387 e. The molecule has 23 heavy (non-hydrogen) atoms. The van der Waals surface area contributed by atoms with E-state index in [-0.39, 0.29) is 6.04 Å². The second-order valence-corrected chi connectivity index (χ2v) is 6.12. The number of rotatable bonds is 5. The van der Waals surface area contributed by atoms with Crippen molar-refractivity contribution >= 4 is 10.8 Å². The predicted octanol–water partition coefficient (Wildman–Crippen LogP) is 4.53. The number of aryl methyl sites for hydroxylation is 1. The summed E-state index contributed by atoms with van der Waals surface area (Å²) in [6.45, 7) is 4.73. The summed E-state index contributed by atoms with van der Waals surface area (Å²) in [6.07, 6.45) is -0.493. The van der Waals surface area contributed by atoms with Crippen molar-refractivity contribution in [2.75, 3.05) is 6.54 Å². The quantitative estimate of drug-likeness (QED) is 0.725. The molecule has 0 fully saturated rings. The Balaban J connectivity index is 1.71. The Bertz CT molecular complexity index is 774. The molecule has 0 bridgehead atoms. The van der Waals surface area contributed by atoms with Gasteiger partial charge in [-0.3, -0.25) is 0 Å². The number of aliphatic hydroxyl groups is 1. The third kappa shape index (κ3) is 3.61. The molecule has 0 amide bonds. The van der Waals surface area contributed by atoms with E-state index in [2.05, 4.69) is 61.6 Å². The van der Waals surface area contributed by atoms with E-state index in [0.29, 0.717) is 6.54 Å². The van der Waals surface area contributed by atoms with Crippen LogP contribution in [0.15, 0.2) is 66.7 Å². The maximum Gasteiger partial charge on any atom is 0.0914 e. The molecule has 2 heteroatoms. The van der Waals surface area contributed by atoms with Crippen LogP contribution in [0.1, 0.15) is 35.8 Å². The molecule has 0 saturated heterocycles. The van der Waals surface area contributed by atoms with E-state index in [0.717, 1.165) is 5.56 Å². The molecule has 0 aromatic heterocycles. The molecule has 118 valence electrons. The molecule has 0 saturated carbocycles. The smallest absolute Gasteiger partial charge is 0.0914 e. The third-order valence-corrected chi connectivity index (χ3v) is 4.37. The fourth-order valence-electron chi connectivity index (χ4n) is 2.93. The topological polar surface area (TPSA) is 32.3 Å². The van der Waals surface area contributed by atoms with Crippen LogP contribution in [0.3, 0.4) is 0 Å². The average Bonchev–Trinajstić information content (AvgIpc) is 2.59. The van der Waals surface area contributed by atoms with E-state index in [1.165, 1.54) is 21.9 Å². The average molecular weight is 305 g/mol. The summed E-state index contributed by atoms with van der Waals surface area (Å²) in [5.74, 6) is 0. The number of aliphatic hydroxyl groups excluding tert-OH is 1. The molecular formula is C21H23NO. The van der Waals surface area contributed by atoms with E-state index in [1.54, 1.807) is 0 Å². The van der Waals surface area contributed by atoms with Crippen LogP contribution >= 0.6 is 0 Å². The number of nitrogens with one attached hydrogen (secondary N) is 1. The van der Waals surface area contributed by atoms with Gasteiger partial charge in [0, 0.05) is 12.6 Å². The van der Waals surface area contributed by atoms with Gasteiger partial charge in [0.05, 0.1) is 6.10 Å². The molecule has 2 N–H and O–H groups in total. The summed E-state index contributed by atoms with van der Waals surface area (Å²) in [4.78, 5) is 0. The molecule has 0 spiro atoms. The zero-order valence-electron chi connectivity index (χ0n) is 13.7. The lowest BCUT2D eigenvalue weighted by atomic mass is 9.99. The van der Waals surface area contributed by atoms with Gasteiger partial charge in [-0.25, -0.2) is 0 Å². The summed E-state index contributed by atoms with van der Waals surface area (Å²) in [5, 5.41) is 16.3. The van der Waals surface area contributed by atoms with Crippen molar-refractivity contribution in [1.29, 1.82) is 0 Å². The second-order valence-electron chi connectivity index (χ2n) is 6.12. The zero-order chi connectivity index (χ0) is 16.2. The van der Waals surface area contributed by atoms with Gasteiger partial charge in [0.25, 0.3) is 0 Å². The molecule has 2 atom stereocenters. The number of hydrogen-bond donors (Lipinski definition) is 2. The summed E-state index contributed by atoms with van der Waals surface area (Å²) < 4.78 is 0. The lowest BCUT2D eigenvalue weighted by molar-refractivity contribution is 0.171. The molecule has 0 heterocycles. The highest BCUT2D eigenvalue weighted by Crippen LogP contribution is 2.24. The second kappa shape index (κ2) is 6.95. The first-order valence-corrected chi connectivity index (χ1v) is 8.11. The van der Waals surface area contributed by atoms with Crippen LogP contribution in [0.2, 0.25) is 0 Å². The van der Waals surface area contributed by atoms with Crippen molar-refractivity contribution < 1.29 is 5.11 Å². The van der Waals surface area contributed by atoms with Crippen LogP contribution in [0.25, 0.3) is 10.8 Å². The first-order chi connectivity index (χ1) is 11.1. The summed E-state index contributed by atoms with van der Waals surface area (Å²) in [5.41, 5.74) is 3.42. The van der Waals surface area contributed by atoms with E-state index in [9.17, 15) is 5.11 Å². The molecule has 2 nitrogen and oxygen atoms in total. The molecule has 2 unspecified atom stereocenters. The van der Waals surface area contributed by atoms with Crippen molar-refractivity contribution in [2.45, 2.75) is 26.0 Å². The van der Waals surface area contributed by atoms with E-state index in [1.807, 2.05) is 24.3 Å². The van der Waals surface area contributed by atoms with Crippen molar-refractivity contribution in [3.8, 4) is 0 Å². The number of fused-ring (bicyclic) bond motifs is 1. The molecular weight excluding hydrogens is 282 g/mol. The Morgan fingerprint density at radius 3 is 2.39 bits per heavy atom.